The predicted octanol–water partition coefficient (Wildman–Crippen LogP) is 3.25. The van der Waals surface area contributed by atoms with E-state index >= 15 is 0 Å². The molecule has 1 aromatic rings. The van der Waals surface area contributed by atoms with Gasteiger partial charge in [-0.15, -0.1) is 0 Å². The molecular weight excluding hydrogens is 270 g/mol. The first kappa shape index (κ1) is 8.94. The van der Waals surface area contributed by atoms with Crippen molar-refractivity contribution < 1.29 is 0 Å². The Morgan fingerprint density at radius 2 is 2.36 bits per heavy atom. The summed E-state index contributed by atoms with van der Waals surface area (Å²) in [5, 5.41) is 0.869. The van der Waals surface area contributed by atoms with Gasteiger partial charge in [-0.3, -0.25) is 0 Å². The van der Waals surface area contributed by atoms with Crippen molar-refractivity contribution in [3.8, 4) is 0 Å². The number of alkyl halides is 1. The van der Waals surface area contributed by atoms with E-state index in [2.05, 4.69) is 36.8 Å². The third-order valence-corrected chi connectivity index (χ3v) is 2.21. The molecule has 0 saturated heterocycles. The Bertz CT molecular complexity index is 258. The smallest absolute Gasteiger partial charge is 0.113 e. The molecule has 58 valence electrons. The highest BCUT2D eigenvalue weighted by Crippen LogP contribution is 2.13. The van der Waals surface area contributed by atoms with Gasteiger partial charge in [0.25, 0.3) is 0 Å². The van der Waals surface area contributed by atoms with Crippen molar-refractivity contribution in [3.63, 3.8) is 0 Å². The van der Waals surface area contributed by atoms with Gasteiger partial charge in [-0.2, -0.15) is 0 Å². The Kier molecular flexibility index (Phi) is 3.80. The second-order valence-electron chi connectivity index (χ2n) is 1.94. The monoisotopic (exact) mass is 275 g/mol. The number of halogens is 2. The maximum absolute atomic E-state index is 4.08. The van der Waals surface area contributed by atoms with Crippen molar-refractivity contribution in [1.82, 2.24) is 4.98 Å². The van der Waals surface area contributed by atoms with Crippen LogP contribution in [-0.2, 0) is 0 Å². The van der Waals surface area contributed by atoms with E-state index in [1.165, 1.54) is 0 Å². The van der Waals surface area contributed by atoms with Crippen LogP contribution in [0.5, 0.6) is 0 Å². The highest BCUT2D eigenvalue weighted by Gasteiger charge is 1.92. The molecular formula is C8H7Br2N. The van der Waals surface area contributed by atoms with Crippen LogP contribution in [0.25, 0.3) is 6.08 Å². The fourth-order valence-electron chi connectivity index (χ4n) is 0.694. The zero-order valence-electron chi connectivity index (χ0n) is 5.80. The first-order chi connectivity index (χ1) is 5.34. The summed E-state index contributed by atoms with van der Waals surface area (Å²) >= 11 is 6.66. The molecule has 0 saturated carbocycles. The third kappa shape index (κ3) is 2.75. The van der Waals surface area contributed by atoms with Crippen LogP contribution < -0.4 is 0 Å². The molecule has 1 nitrogen and oxygen atoms in total. The lowest BCUT2D eigenvalue weighted by Crippen LogP contribution is -1.78. The van der Waals surface area contributed by atoms with Crippen LogP contribution in [0.1, 0.15) is 5.56 Å². The van der Waals surface area contributed by atoms with Gasteiger partial charge in [0.15, 0.2) is 0 Å². The minimum Gasteiger partial charge on any atom is -0.249 e. The fourth-order valence-corrected chi connectivity index (χ4v) is 1.26. The van der Waals surface area contributed by atoms with Gasteiger partial charge in [0, 0.05) is 17.1 Å². The highest BCUT2D eigenvalue weighted by atomic mass is 79.9. The number of hydrogen-bond donors (Lipinski definition) is 0. The average Bonchev–Trinajstić information content (AvgIpc) is 2.03. The topological polar surface area (TPSA) is 12.9 Å². The molecule has 0 radical (unpaired) electrons. The van der Waals surface area contributed by atoms with Gasteiger partial charge < -0.3 is 0 Å². The number of rotatable bonds is 2. The summed E-state index contributed by atoms with van der Waals surface area (Å²) in [5.74, 6) is 0. The zero-order chi connectivity index (χ0) is 8.10. The summed E-state index contributed by atoms with van der Waals surface area (Å²) in [5.41, 5.74) is 1.10. The second-order valence-corrected chi connectivity index (χ2v) is 3.34. The lowest BCUT2D eigenvalue weighted by molar-refractivity contribution is 1.26. The first-order valence-electron chi connectivity index (χ1n) is 3.17. The second kappa shape index (κ2) is 4.67. The zero-order valence-corrected chi connectivity index (χ0v) is 8.97. The van der Waals surface area contributed by atoms with E-state index < -0.39 is 0 Å². The molecule has 1 rings (SSSR count). The summed E-state index contributed by atoms with van der Waals surface area (Å²) in [6.45, 7) is 0. The first-order valence-corrected chi connectivity index (χ1v) is 5.09. The summed E-state index contributed by atoms with van der Waals surface area (Å²) in [7, 11) is 0. The normalized spacial score (nSPS) is 10.7. The van der Waals surface area contributed by atoms with Crippen molar-refractivity contribution in [2.45, 2.75) is 0 Å². The van der Waals surface area contributed by atoms with Gasteiger partial charge in [-0.1, -0.05) is 34.1 Å². The van der Waals surface area contributed by atoms with E-state index in [0.717, 1.165) is 15.5 Å². The summed E-state index contributed by atoms with van der Waals surface area (Å²) < 4.78 is 0.886. The molecule has 1 heterocycles. The average molecular weight is 277 g/mol. The SMILES string of the molecule is BrCC=Cc1cccnc1Br. The Morgan fingerprint density at radius 3 is 3.00 bits per heavy atom. The van der Waals surface area contributed by atoms with Crippen molar-refractivity contribution in [2.24, 2.45) is 0 Å². The van der Waals surface area contributed by atoms with Gasteiger partial charge in [-0.25, -0.2) is 4.98 Å². The van der Waals surface area contributed by atoms with Gasteiger partial charge >= 0.3 is 0 Å². The lowest BCUT2D eigenvalue weighted by Gasteiger charge is -1.93. The van der Waals surface area contributed by atoms with Gasteiger partial charge in [0.1, 0.15) is 4.60 Å². The maximum atomic E-state index is 4.08. The van der Waals surface area contributed by atoms with Gasteiger partial charge in [0.2, 0.25) is 0 Å². The minimum atomic E-state index is 0.869. The van der Waals surface area contributed by atoms with E-state index in [0.29, 0.717) is 0 Å². The van der Waals surface area contributed by atoms with E-state index in [1.54, 1.807) is 6.20 Å². The largest absolute Gasteiger partial charge is 0.249 e. The molecule has 0 aromatic carbocycles. The Morgan fingerprint density at radius 1 is 1.55 bits per heavy atom. The number of hydrogen-bond acceptors (Lipinski definition) is 1. The molecule has 0 unspecified atom stereocenters. The van der Waals surface area contributed by atoms with Crippen molar-refractivity contribution in [3.05, 3.63) is 34.6 Å². The van der Waals surface area contributed by atoms with Crippen LogP contribution in [-0.4, -0.2) is 10.3 Å². The van der Waals surface area contributed by atoms with Crippen LogP contribution in [0.2, 0.25) is 0 Å². The third-order valence-electron chi connectivity index (χ3n) is 1.17. The molecule has 0 fully saturated rings. The number of nitrogens with zero attached hydrogens (tertiary/aromatic N) is 1. The Labute approximate surface area is 82.8 Å². The molecule has 0 atom stereocenters. The number of pyridine rings is 1. The van der Waals surface area contributed by atoms with Crippen molar-refractivity contribution in [2.75, 3.05) is 5.33 Å². The molecule has 0 aliphatic heterocycles. The Hall–Kier alpha value is -0.150. The molecule has 3 heteroatoms. The van der Waals surface area contributed by atoms with E-state index in [4.69, 9.17) is 0 Å². The van der Waals surface area contributed by atoms with Crippen molar-refractivity contribution in [1.29, 1.82) is 0 Å². The summed E-state index contributed by atoms with van der Waals surface area (Å²) in [4.78, 5) is 4.08. The minimum absolute atomic E-state index is 0.869. The van der Waals surface area contributed by atoms with Crippen LogP contribution >= 0.6 is 31.9 Å². The molecule has 1 aromatic heterocycles. The Balaban J connectivity index is 2.86. The summed E-state index contributed by atoms with van der Waals surface area (Å²) in [6.07, 6.45) is 5.81. The van der Waals surface area contributed by atoms with E-state index in [1.807, 2.05) is 24.3 Å². The summed E-state index contributed by atoms with van der Waals surface area (Å²) in [6, 6.07) is 3.93. The van der Waals surface area contributed by atoms with Crippen LogP contribution in [0, 0.1) is 0 Å². The van der Waals surface area contributed by atoms with Crippen LogP contribution in [0.15, 0.2) is 29.0 Å². The molecule has 0 aliphatic rings. The van der Waals surface area contributed by atoms with Crippen molar-refractivity contribution >= 4 is 37.9 Å². The van der Waals surface area contributed by atoms with Crippen LogP contribution in [0.4, 0.5) is 0 Å². The molecule has 0 aliphatic carbocycles. The molecule has 0 amide bonds. The molecule has 0 bridgehead atoms. The highest BCUT2D eigenvalue weighted by molar-refractivity contribution is 9.10. The van der Waals surface area contributed by atoms with E-state index in [-0.39, 0.29) is 0 Å². The quantitative estimate of drug-likeness (QED) is 0.597. The number of allylic oxidation sites excluding steroid dienone is 1. The van der Waals surface area contributed by atoms with Crippen LogP contribution in [0.3, 0.4) is 0 Å². The standard InChI is InChI=1S/C8H7Br2N/c9-5-1-3-7-4-2-6-11-8(7)10/h1-4,6H,5H2. The number of aromatic nitrogens is 1. The molecule has 0 N–H and O–H groups in total. The van der Waals surface area contributed by atoms with E-state index in [9.17, 15) is 0 Å². The molecule has 11 heavy (non-hydrogen) atoms. The molecule has 0 spiro atoms. The lowest BCUT2D eigenvalue weighted by atomic mass is 10.3. The van der Waals surface area contributed by atoms with Gasteiger partial charge in [-0.05, 0) is 22.0 Å². The fraction of sp³-hybridized carbons (Fsp3) is 0.125. The van der Waals surface area contributed by atoms with Gasteiger partial charge in [0.05, 0.1) is 0 Å². The maximum Gasteiger partial charge on any atom is 0.113 e. The predicted molar refractivity (Wildman–Crippen MR) is 54.8 cm³/mol.